The SMILES string of the molecule is Cc1ccccc1Cn1nc2n(CCC(=O)NCC(C)C)c(=O)c3ccccc3n2c1=O. The number of carbonyl (C=O) groups excluding carboxylic acids is 1. The van der Waals surface area contributed by atoms with Crippen LogP contribution in [0.1, 0.15) is 31.4 Å². The number of hydrogen-bond acceptors (Lipinski definition) is 4. The maximum atomic E-state index is 13.3. The number of benzene rings is 2. The highest BCUT2D eigenvalue weighted by Crippen LogP contribution is 2.13. The second-order valence-corrected chi connectivity index (χ2v) is 8.42. The van der Waals surface area contributed by atoms with Gasteiger partial charge in [-0.25, -0.2) is 13.9 Å². The van der Waals surface area contributed by atoms with Gasteiger partial charge in [0.25, 0.3) is 5.56 Å². The number of aryl methyl sites for hydroxylation is 2. The Hall–Kier alpha value is -3.68. The number of amides is 1. The van der Waals surface area contributed by atoms with Gasteiger partial charge < -0.3 is 5.32 Å². The van der Waals surface area contributed by atoms with E-state index in [1.54, 1.807) is 24.3 Å². The second kappa shape index (κ2) is 8.82. The van der Waals surface area contributed by atoms with Gasteiger partial charge >= 0.3 is 5.69 Å². The molecular formula is C24H27N5O3. The minimum atomic E-state index is -0.322. The Morgan fingerprint density at radius 3 is 2.53 bits per heavy atom. The molecule has 4 aromatic rings. The number of hydrogen-bond donors (Lipinski definition) is 1. The molecule has 0 saturated carbocycles. The molecule has 4 rings (SSSR count). The summed E-state index contributed by atoms with van der Waals surface area (Å²) < 4.78 is 4.26. The Morgan fingerprint density at radius 2 is 1.78 bits per heavy atom. The minimum absolute atomic E-state index is 0.124. The molecule has 8 nitrogen and oxygen atoms in total. The van der Waals surface area contributed by atoms with Crippen molar-refractivity contribution < 1.29 is 4.79 Å². The lowest BCUT2D eigenvalue weighted by Gasteiger charge is -2.10. The average molecular weight is 434 g/mol. The van der Waals surface area contributed by atoms with Gasteiger partial charge in [0, 0.05) is 19.5 Å². The van der Waals surface area contributed by atoms with Crippen molar-refractivity contribution in [2.75, 3.05) is 6.54 Å². The van der Waals surface area contributed by atoms with Crippen molar-refractivity contribution in [3.63, 3.8) is 0 Å². The summed E-state index contributed by atoms with van der Waals surface area (Å²) in [5, 5.41) is 7.79. The van der Waals surface area contributed by atoms with Crippen LogP contribution >= 0.6 is 0 Å². The summed E-state index contributed by atoms with van der Waals surface area (Å²) in [6.07, 6.45) is 0.124. The highest BCUT2D eigenvalue weighted by atomic mass is 16.2. The zero-order chi connectivity index (χ0) is 22.8. The molecule has 0 aliphatic heterocycles. The molecule has 0 bridgehead atoms. The van der Waals surface area contributed by atoms with Gasteiger partial charge in [-0.3, -0.25) is 14.2 Å². The molecule has 0 aliphatic carbocycles. The fourth-order valence-electron chi connectivity index (χ4n) is 3.74. The van der Waals surface area contributed by atoms with Crippen molar-refractivity contribution in [3.05, 3.63) is 80.5 Å². The summed E-state index contributed by atoms with van der Waals surface area (Å²) in [6.45, 7) is 7.03. The lowest BCUT2D eigenvalue weighted by Crippen LogP contribution is -2.31. The third-order valence-electron chi connectivity index (χ3n) is 5.54. The Bertz CT molecular complexity index is 1410. The molecule has 2 aromatic heterocycles. The van der Waals surface area contributed by atoms with Gasteiger partial charge in [-0.1, -0.05) is 50.2 Å². The van der Waals surface area contributed by atoms with Crippen LogP contribution in [0.3, 0.4) is 0 Å². The Kier molecular flexibility index (Phi) is 5.94. The number of nitrogens with one attached hydrogen (secondary N) is 1. The van der Waals surface area contributed by atoms with Crippen LogP contribution in [0.4, 0.5) is 0 Å². The lowest BCUT2D eigenvalue weighted by atomic mass is 10.1. The predicted octanol–water partition coefficient (Wildman–Crippen LogP) is 2.33. The van der Waals surface area contributed by atoms with Crippen LogP contribution < -0.4 is 16.6 Å². The van der Waals surface area contributed by atoms with E-state index in [0.717, 1.165) is 11.1 Å². The van der Waals surface area contributed by atoms with Gasteiger partial charge in [0.15, 0.2) is 0 Å². The number of para-hydroxylation sites is 1. The molecule has 0 radical (unpaired) electrons. The number of aromatic nitrogens is 4. The van der Waals surface area contributed by atoms with Crippen LogP contribution in [0.25, 0.3) is 16.7 Å². The summed E-state index contributed by atoms with van der Waals surface area (Å²) in [5.74, 6) is 0.437. The molecule has 32 heavy (non-hydrogen) atoms. The standard InChI is InChI=1S/C24H27N5O3/c1-16(2)14-25-21(30)12-13-27-22(31)19-10-6-7-11-20(19)29-23(27)26-28(24(29)32)15-18-9-5-4-8-17(18)3/h4-11,16H,12-15H2,1-3H3,(H,25,30). The number of carbonyl (C=O) groups is 1. The van der Waals surface area contributed by atoms with Crippen molar-refractivity contribution in [2.45, 2.75) is 40.3 Å². The van der Waals surface area contributed by atoms with E-state index in [4.69, 9.17) is 0 Å². The zero-order valence-corrected chi connectivity index (χ0v) is 18.5. The fourth-order valence-corrected chi connectivity index (χ4v) is 3.74. The first kappa shape index (κ1) is 21.5. The molecule has 0 atom stereocenters. The number of nitrogens with zero attached hydrogens (tertiary/aromatic N) is 4. The molecule has 8 heteroatoms. The van der Waals surface area contributed by atoms with E-state index in [9.17, 15) is 14.4 Å². The lowest BCUT2D eigenvalue weighted by molar-refractivity contribution is -0.121. The van der Waals surface area contributed by atoms with E-state index < -0.39 is 0 Å². The van der Waals surface area contributed by atoms with Crippen molar-refractivity contribution in [2.24, 2.45) is 5.92 Å². The Balaban J connectivity index is 1.81. The molecule has 2 aromatic carbocycles. The maximum Gasteiger partial charge on any atom is 0.352 e. The first-order chi connectivity index (χ1) is 15.4. The van der Waals surface area contributed by atoms with E-state index >= 15 is 0 Å². The summed E-state index contributed by atoms with van der Waals surface area (Å²) in [6, 6.07) is 14.8. The van der Waals surface area contributed by atoms with E-state index in [2.05, 4.69) is 10.4 Å². The van der Waals surface area contributed by atoms with Crippen LogP contribution in [0, 0.1) is 12.8 Å². The van der Waals surface area contributed by atoms with E-state index in [0.29, 0.717) is 29.9 Å². The Morgan fingerprint density at radius 1 is 1.06 bits per heavy atom. The molecule has 166 valence electrons. The smallest absolute Gasteiger partial charge is 0.352 e. The van der Waals surface area contributed by atoms with Crippen LogP contribution in [0.15, 0.2) is 58.1 Å². The summed E-state index contributed by atoms with van der Waals surface area (Å²) >= 11 is 0. The highest BCUT2D eigenvalue weighted by molar-refractivity contribution is 5.80. The van der Waals surface area contributed by atoms with Gasteiger partial charge in [0.1, 0.15) is 0 Å². The first-order valence-corrected chi connectivity index (χ1v) is 10.8. The van der Waals surface area contributed by atoms with Crippen LogP contribution in [-0.2, 0) is 17.9 Å². The zero-order valence-electron chi connectivity index (χ0n) is 18.5. The van der Waals surface area contributed by atoms with Crippen LogP contribution in [0.5, 0.6) is 0 Å². The van der Waals surface area contributed by atoms with Gasteiger partial charge in [0.05, 0.1) is 17.4 Å². The van der Waals surface area contributed by atoms with E-state index in [1.807, 2.05) is 45.0 Å². The molecule has 0 unspecified atom stereocenters. The van der Waals surface area contributed by atoms with Crippen molar-refractivity contribution in [1.29, 1.82) is 0 Å². The van der Waals surface area contributed by atoms with Crippen molar-refractivity contribution in [3.8, 4) is 0 Å². The Labute approximate surface area is 185 Å². The summed E-state index contributed by atoms with van der Waals surface area (Å²) in [5.41, 5.74) is 1.95. The highest BCUT2D eigenvalue weighted by Gasteiger charge is 2.18. The normalized spacial score (nSPS) is 11.5. The molecular weight excluding hydrogens is 406 g/mol. The average Bonchev–Trinajstić information content (AvgIpc) is 3.09. The topological polar surface area (TPSA) is 90.4 Å². The largest absolute Gasteiger partial charge is 0.356 e. The van der Waals surface area contributed by atoms with Gasteiger partial charge in [-0.15, -0.1) is 5.10 Å². The predicted molar refractivity (Wildman–Crippen MR) is 124 cm³/mol. The van der Waals surface area contributed by atoms with Crippen molar-refractivity contribution >= 4 is 22.6 Å². The minimum Gasteiger partial charge on any atom is -0.356 e. The molecule has 0 saturated heterocycles. The van der Waals surface area contributed by atoms with Gasteiger partial charge in [-0.2, -0.15) is 0 Å². The van der Waals surface area contributed by atoms with Crippen molar-refractivity contribution in [1.82, 2.24) is 24.1 Å². The summed E-state index contributed by atoms with van der Waals surface area (Å²) in [7, 11) is 0. The molecule has 0 aliphatic rings. The molecule has 2 heterocycles. The number of fused-ring (bicyclic) bond motifs is 3. The monoisotopic (exact) mass is 433 g/mol. The fraction of sp³-hybridized carbons (Fsp3) is 0.333. The second-order valence-electron chi connectivity index (χ2n) is 8.42. The van der Waals surface area contributed by atoms with E-state index in [1.165, 1.54) is 13.6 Å². The van der Waals surface area contributed by atoms with Crippen LogP contribution in [0.2, 0.25) is 0 Å². The first-order valence-electron chi connectivity index (χ1n) is 10.8. The quantitative estimate of drug-likeness (QED) is 0.484. The number of rotatable bonds is 7. The molecule has 1 N–H and O–H groups in total. The molecule has 0 fully saturated rings. The van der Waals surface area contributed by atoms with Crippen LogP contribution in [-0.4, -0.2) is 31.2 Å². The van der Waals surface area contributed by atoms with E-state index in [-0.39, 0.29) is 35.9 Å². The third kappa shape index (κ3) is 4.08. The molecule has 0 spiro atoms. The molecule has 1 amide bonds. The summed E-state index contributed by atoms with van der Waals surface area (Å²) in [4.78, 5) is 38.8. The van der Waals surface area contributed by atoms with Gasteiger partial charge in [-0.05, 0) is 36.1 Å². The van der Waals surface area contributed by atoms with Gasteiger partial charge in [0.2, 0.25) is 11.7 Å². The maximum absolute atomic E-state index is 13.3. The third-order valence-corrected chi connectivity index (χ3v) is 5.54.